The maximum Gasteiger partial charge on any atom is 0.315 e. The summed E-state index contributed by atoms with van der Waals surface area (Å²) < 4.78 is 0. The Kier molecular flexibility index (Phi) is 9.02. The van der Waals surface area contributed by atoms with Crippen LogP contribution in [-0.4, -0.2) is 43.5 Å². The van der Waals surface area contributed by atoms with E-state index in [1.54, 1.807) is 0 Å². The summed E-state index contributed by atoms with van der Waals surface area (Å²) in [6.45, 7) is 2.83. The second kappa shape index (κ2) is 10.9. The summed E-state index contributed by atoms with van der Waals surface area (Å²) >= 11 is 0. The smallest absolute Gasteiger partial charge is 0.315 e. The lowest BCUT2D eigenvalue weighted by molar-refractivity contribution is -0.126. The van der Waals surface area contributed by atoms with Gasteiger partial charge in [0.05, 0.1) is 6.54 Å². The van der Waals surface area contributed by atoms with Gasteiger partial charge in [0, 0.05) is 25.6 Å². The lowest BCUT2D eigenvalue weighted by Gasteiger charge is -2.22. The Morgan fingerprint density at radius 2 is 1.68 bits per heavy atom. The molecular formula is C15H28N4O3. The molecule has 0 spiro atoms. The number of hydrogen-bond acceptors (Lipinski definition) is 3. The van der Waals surface area contributed by atoms with Gasteiger partial charge in [-0.15, -0.1) is 0 Å². The molecule has 0 radical (unpaired) electrons. The number of nitrogens with one attached hydrogen (secondary N) is 4. The maximum atomic E-state index is 11.7. The van der Waals surface area contributed by atoms with E-state index in [9.17, 15) is 14.4 Å². The minimum atomic E-state index is -0.194. The average molecular weight is 312 g/mol. The molecule has 4 N–H and O–H groups in total. The molecule has 4 amide bonds. The highest BCUT2D eigenvalue weighted by atomic mass is 16.2. The monoisotopic (exact) mass is 312 g/mol. The highest BCUT2D eigenvalue weighted by Gasteiger charge is 2.15. The standard InChI is InChI=1S/C15H28N4O3/c1-2-16-14(21)11-18-13(20)9-6-10-17-15(22)19-12-7-4-3-5-8-12/h12H,2-11H2,1H3,(H,16,21)(H,18,20)(H2,17,19,22). The van der Waals surface area contributed by atoms with Gasteiger partial charge in [0.15, 0.2) is 0 Å². The fourth-order valence-corrected chi connectivity index (χ4v) is 2.46. The average Bonchev–Trinajstić information content (AvgIpc) is 2.51. The van der Waals surface area contributed by atoms with Crippen LogP contribution in [0.4, 0.5) is 4.79 Å². The molecule has 0 aromatic rings. The predicted octanol–water partition coefficient (Wildman–Crippen LogP) is 0.651. The SMILES string of the molecule is CCNC(=O)CNC(=O)CCCNC(=O)NC1CCCCC1. The van der Waals surface area contributed by atoms with Crippen molar-refractivity contribution in [1.29, 1.82) is 0 Å². The lowest BCUT2D eigenvalue weighted by atomic mass is 9.96. The Balaban J connectivity index is 2.00. The highest BCUT2D eigenvalue weighted by Crippen LogP contribution is 2.17. The minimum absolute atomic E-state index is 0.00225. The number of rotatable bonds is 8. The van der Waals surface area contributed by atoms with Crippen molar-refractivity contribution in [2.75, 3.05) is 19.6 Å². The van der Waals surface area contributed by atoms with Crippen molar-refractivity contribution in [2.24, 2.45) is 0 Å². The quantitative estimate of drug-likeness (QED) is 0.495. The minimum Gasteiger partial charge on any atom is -0.355 e. The van der Waals surface area contributed by atoms with Crippen molar-refractivity contribution in [2.45, 2.75) is 57.9 Å². The first-order valence-electron chi connectivity index (χ1n) is 8.19. The van der Waals surface area contributed by atoms with Crippen molar-refractivity contribution in [1.82, 2.24) is 21.3 Å². The second-order valence-electron chi connectivity index (χ2n) is 5.57. The van der Waals surface area contributed by atoms with Crippen LogP contribution in [0.5, 0.6) is 0 Å². The molecule has 7 heteroatoms. The molecule has 22 heavy (non-hydrogen) atoms. The van der Waals surface area contributed by atoms with Crippen LogP contribution in [0.3, 0.4) is 0 Å². The van der Waals surface area contributed by atoms with E-state index in [0.717, 1.165) is 12.8 Å². The van der Waals surface area contributed by atoms with Gasteiger partial charge >= 0.3 is 6.03 Å². The maximum absolute atomic E-state index is 11.7. The Hall–Kier alpha value is -1.79. The summed E-state index contributed by atoms with van der Waals surface area (Å²) in [6, 6.07) is 0.128. The normalized spacial score (nSPS) is 15.0. The van der Waals surface area contributed by atoms with Gasteiger partial charge in [-0.2, -0.15) is 0 Å². The Bertz CT molecular complexity index is 368. The molecule has 1 rings (SSSR count). The Labute approximate surface area is 132 Å². The molecule has 0 aromatic carbocycles. The molecule has 0 aliphatic heterocycles. The summed E-state index contributed by atoms with van der Waals surface area (Å²) in [5, 5.41) is 10.9. The summed E-state index contributed by atoms with van der Waals surface area (Å²) in [6.07, 6.45) is 6.56. The van der Waals surface area contributed by atoms with Crippen molar-refractivity contribution in [3.8, 4) is 0 Å². The van der Waals surface area contributed by atoms with Crippen LogP contribution in [0, 0.1) is 0 Å². The molecule has 1 fully saturated rings. The molecule has 0 bridgehead atoms. The zero-order chi connectivity index (χ0) is 16.2. The highest BCUT2D eigenvalue weighted by molar-refractivity contribution is 5.84. The molecule has 0 unspecified atom stereocenters. The van der Waals surface area contributed by atoms with E-state index >= 15 is 0 Å². The third-order valence-electron chi connectivity index (χ3n) is 3.63. The van der Waals surface area contributed by atoms with E-state index < -0.39 is 0 Å². The summed E-state index contributed by atoms with van der Waals surface area (Å²) in [4.78, 5) is 34.3. The Morgan fingerprint density at radius 1 is 0.955 bits per heavy atom. The molecule has 7 nitrogen and oxygen atoms in total. The molecular weight excluding hydrogens is 284 g/mol. The third-order valence-corrected chi connectivity index (χ3v) is 3.63. The van der Waals surface area contributed by atoms with E-state index in [2.05, 4.69) is 21.3 Å². The van der Waals surface area contributed by atoms with E-state index in [0.29, 0.717) is 25.9 Å². The number of amides is 4. The number of likely N-dealkylation sites (N-methyl/N-ethyl adjacent to an activating group) is 1. The van der Waals surface area contributed by atoms with Gasteiger partial charge in [-0.25, -0.2) is 4.79 Å². The van der Waals surface area contributed by atoms with Crippen molar-refractivity contribution < 1.29 is 14.4 Å². The van der Waals surface area contributed by atoms with Crippen LogP contribution in [0.2, 0.25) is 0 Å². The predicted molar refractivity (Wildman–Crippen MR) is 84.3 cm³/mol. The second-order valence-corrected chi connectivity index (χ2v) is 5.57. The first-order chi connectivity index (χ1) is 10.6. The van der Waals surface area contributed by atoms with Crippen LogP contribution in [0.1, 0.15) is 51.9 Å². The van der Waals surface area contributed by atoms with Gasteiger partial charge in [0.2, 0.25) is 11.8 Å². The van der Waals surface area contributed by atoms with Crippen molar-refractivity contribution >= 4 is 17.8 Å². The van der Waals surface area contributed by atoms with Crippen LogP contribution >= 0.6 is 0 Å². The summed E-state index contributed by atoms with van der Waals surface area (Å²) in [5.41, 5.74) is 0. The van der Waals surface area contributed by atoms with Gasteiger partial charge in [-0.3, -0.25) is 9.59 Å². The van der Waals surface area contributed by atoms with Crippen molar-refractivity contribution in [3.63, 3.8) is 0 Å². The zero-order valence-corrected chi connectivity index (χ0v) is 13.4. The molecule has 0 heterocycles. The first-order valence-corrected chi connectivity index (χ1v) is 8.19. The lowest BCUT2D eigenvalue weighted by Crippen LogP contribution is -2.43. The fraction of sp³-hybridized carbons (Fsp3) is 0.800. The van der Waals surface area contributed by atoms with Gasteiger partial charge in [0.1, 0.15) is 0 Å². The van der Waals surface area contributed by atoms with E-state index in [4.69, 9.17) is 0 Å². The van der Waals surface area contributed by atoms with Crippen molar-refractivity contribution in [3.05, 3.63) is 0 Å². The molecule has 126 valence electrons. The first kappa shape index (κ1) is 18.3. The molecule has 1 aliphatic carbocycles. The molecule has 1 saturated carbocycles. The van der Waals surface area contributed by atoms with Crippen LogP contribution in [0.25, 0.3) is 0 Å². The third kappa shape index (κ3) is 8.49. The zero-order valence-electron chi connectivity index (χ0n) is 13.4. The van der Waals surface area contributed by atoms with Crippen LogP contribution in [0.15, 0.2) is 0 Å². The van der Waals surface area contributed by atoms with Gasteiger partial charge in [0.25, 0.3) is 0 Å². The van der Waals surface area contributed by atoms with Gasteiger partial charge < -0.3 is 21.3 Å². The van der Waals surface area contributed by atoms with Gasteiger partial charge in [-0.05, 0) is 26.2 Å². The molecule has 0 aromatic heterocycles. The van der Waals surface area contributed by atoms with E-state index in [-0.39, 0.29) is 30.4 Å². The van der Waals surface area contributed by atoms with Crippen LogP contribution < -0.4 is 21.3 Å². The summed E-state index contributed by atoms with van der Waals surface area (Å²) in [5.74, 6) is -0.374. The fourth-order valence-electron chi connectivity index (χ4n) is 2.46. The number of carbonyl (C=O) groups is 3. The number of urea groups is 1. The molecule has 1 aliphatic rings. The number of carbonyl (C=O) groups excluding carboxylic acids is 3. The topological polar surface area (TPSA) is 99.3 Å². The number of hydrogen-bond donors (Lipinski definition) is 4. The molecule has 0 saturated heterocycles. The van der Waals surface area contributed by atoms with E-state index in [1.807, 2.05) is 6.92 Å². The molecule has 0 atom stereocenters. The largest absolute Gasteiger partial charge is 0.355 e. The van der Waals surface area contributed by atoms with Gasteiger partial charge in [-0.1, -0.05) is 19.3 Å². The Morgan fingerprint density at radius 3 is 2.36 bits per heavy atom. The van der Waals surface area contributed by atoms with Crippen LogP contribution in [-0.2, 0) is 9.59 Å². The van der Waals surface area contributed by atoms with E-state index in [1.165, 1.54) is 19.3 Å². The summed E-state index contributed by atoms with van der Waals surface area (Å²) in [7, 11) is 0.